The molecule has 0 fully saturated rings. The van der Waals surface area contributed by atoms with Gasteiger partial charge in [-0.05, 0) is 32.9 Å². The predicted molar refractivity (Wildman–Crippen MR) is 74.7 cm³/mol. The van der Waals surface area contributed by atoms with Crippen LogP contribution < -0.4 is 5.32 Å². The van der Waals surface area contributed by atoms with Crippen molar-refractivity contribution >= 4 is 23.5 Å². The van der Waals surface area contributed by atoms with Gasteiger partial charge in [-0.3, -0.25) is 24.1 Å². The van der Waals surface area contributed by atoms with E-state index in [1.165, 1.54) is 13.8 Å². The van der Waals surface area contributed by atoms with Crippen LogP contribution in [0.5, 0.6) is 0 Å². The fourth-order valence-corrected chi connectivity index (χ4v) is 2.11. The van der Waals surface area contributed by atoms with Gasteiger partial charge in [-0.2, -0.15) is 0 Å². The van der Waals surface area contributed by atoms with Crippen LogP contribution in [-0.2, 0) is 9.59 Å². The Morgan fingerprint density at radius 2 is 1.52 bits per heavy atom. The van der Waals surface area contributed by atoms with E-state index < -0.39 is 29.8 Å². The number of carbonyl (C=O) groups excluding carboxylic acids is 4. The second-order valence-electron chi connectivity index (χ2n) is 5.04. The van der Waals surface area contributed by atoms with Crippen molar-refractivity contribution in [1.82, 2.24) is 10.2 Å². The molecule has 0 radical (unpaired) electrons. The zero-order valence-corrected chi connectivity index (χ0v) is 12.0. The highest BCUT2D eigenvalue weighted by Crippen LogP contribution is 2.24. The predicted octanol–water partition coefficient (Wildman–Crippen LogP) is 0.765. The molecule has 0 aromatic heterocycles. The second kappa shape index (κ2) is 5.47. The van der Waals surface area contributed by atoms with E-state index in [0.29, 0.717) is 11.1 Å². The lowest BCUT2D eigenvalue weighted by molar-refractivity contribution is -0.128. The Labute approximate surface area is 122 Å². The number of imide groups is 1. The third-order valence-corrected chi connectivity index (χ3v) is 3.56. The van der Waals surface area contributed by atoms with Gasteiger partial charge in [0, 0.05) is 0 Å². The molecule has 2 unspecified atom stereocenters. The second-order valence-corrected chi connectivity index (χ2v) is 5.04. The summed E-state index contributed by atoms with van der Waals surface area (Å²) >= 11 is 0. The number of hydrogen-bond donors (Lipinski definition) is 1. The fraction of sp³-hybridized carbons (Fsp3) is 0.333. The Balaban J connectivity index is 2.20. The third-order valence-electron chi connectivity index (χ3n) is 3.56. The summed E-state index contributed by atoms with van der Waals surface area (Å²) in [6, 6.07) is 4.80. The van der Waals surface area contributed by atoms with Gasteiger partial charge in [0.05, 0.1) is 17.2 Å². The Morgan fingerprint density at radius 3 is 1.95 bits per heavy atom. The molecule has 6 heteroatoms. The van der Waals surface area contributed by atoms with Gasteiger partial charge in [0.15, 0.2) is 5.78 Å². The van der Waals surface area contributed by atoms with Gasteiger partial charge in [0.25, 0.3) is 11.8 Å². The van der Waals surface area contributed by atoms with Gasteiger partial charge in [-0.25, -0.2) is 0 Å². The SMILES string of the molecule is CC(=O)C(C)NC(=O)C(C)N1C(=O)c2ccccc2C1=O. The van der Waals surface area contributed by atoms with Crippen molar-refractivity contribution in [3.63, 3.8) is 0 Å². The average molecular weight is 288 g/mol. The van der Waals surface area contributed by atoms with Gasteiger partial charge in [0.1, 0.15) is 6.04 Å². The van der Waals surface area contributed by atoms with Gasteiger partial charge < -0.3 is 5.32 Å². The van der Waals surface area contributed by atoms with E-state index in [2.05, 4.69) is 5.32 Å². The van der Waals surface area contributed by atoms with E-state index in [-0.39, 0.29) is 5.78 Å². The average Bonchev–Trinajstić information content (AvgIpc) is 2.70. The van der Waals surface area contributed by atoms with Gasteiger partial charge in [0.2, 0.25) is 5.91 Å². The Hall–Kier alpha value is -2.50. The highest BCUT2D eigenvalue weighted by molar-refractivity contribution is 6.22. The zero-order valence-electron chi connectivity index (χ0n) is 12.0. The van der Waals surface area contributed by atoms with Crippen molar-refractivity contribution in [3.8, 4) is 0 Å². The van der Waals surface area contributed by atoms with E-state index in [1.807, 2.05) is 0 Å². The Morgan fingerprint density at radius 1 is 1.05 bits per heavy atom. The van der Waals surface area contributed by atoms with Gasteiger partial charge in [-0.15, -0.1) is 0 Å². The molecule has 0 saturated heterocycles. The van der Waals surface area contributed by atoms with Crippen LogP contribution in [0, 0.1) is 0 Å². The molecular weight excluding hydrogens is 272 g/mol. The molecule has 1 aromatic carbocycles. The van der Waals surface area contributed by atoms with Crippen molar-refractivity contribution in [1.29, 1.82) is 0 Å². The van der Waals surface area contributed by atoms with Crippen molar-refractivity contribution in [3.05, 3.63) is 35.4 Å². The number of ketones is 1. The molecule has 6 nitrogen and oxygen atoms in total. The summed E-state index contributed by atoms with van der Waals surface area (Å²) in [4.78, 5) is 48.6. The van der Waals surface area contributed by atoms with E-state index in [9.17, 15) is 19.2 Å². The summed E-state index contributed by atoms with van der Waals surface area (Å²) in [5.74, 6) is -1.72. The number of rotatable bonds is 4. The molecule has 1 aromatic rings. The van der Waals surface area contributed by atoms with Gasteiger partial charge >= 0.3 is 0 Å². The minimum atomic E-state index is -0.973. The van der Waals surface area contributed by atoms with Crippen LogP contribution in [-0.4, -0.2) is 40.5 Å². The normalized spacial score (nSPS) is 16.4. The molecule has 1 N–H and O–H groups in total. The molecule has 1 heterocycles. The molecule has 0 saturated carbocycles. The topological polar surface area (TPSA) is 83.6 Å². The smallest absolute Gasteiger partial charge is 0.262 e. The number of carbonyl (C=O) groups is 4. The van der Waals surface area contributed by atoms with E-state index in [0.717, 1.165) is 4.90 Å². The molecule has 0 bridgehead atoms. The van der Waals surface area contributed by atoms with Crippen molar-refractivity contribution in [2.45, 2.75) is 32.9 Å². The Kier molecular flexibility index (Phi) is 3.88. The van der Waals surface area contributed by atoms with Crippen molar-refractivity contribution in [2.75, 3.05) is 0 Å². The maximum absolute atomic E-state index is 12.2. The van der Waals surface area contributed by atoms with Crippen LogP contribution in [0.2, 0.25) is 0 Å². The van der Waals surface area contributed by atoms with Gasteiger partial charge in [-0.1, -0.05) is 12.1 Å². The first kappa shape index (κ1) is 14.9. The lowest BCUT2D eigenvalue weighted by atomic mass is 10.1. The maximum Gasteiger partial charge on any atom is 0.262 e. The minimum Gasteiger partial charge on any atom is -0.345 e. The first-order valence-corrected chi connectivity index (χ1v) is 6.62. The molecule has 21 heavy (non-hydrogen) atoms. The van der Waals surface area contributed by atoms with E-state index in [4.69, 9.17) is 0 Å². The van der Waals surface area contributed by atoms with Crippen LogP contribution in [0.1, 0.15) is 41.5 Å². The van der Waals surface area contributed by atoms with E-state index in [1.54, 1.807) is 31.2 Å². The van der Waals surface area contributed by atoms with Crippen molar-refractivity contribution in [2.24, 2.45) is 0 Å². The van der Waals surface area contributed by atoms with Crippen LogP contribution >= 0.6 is 0 Å². The maximum atomic E-state index is 12.2. The summed E-state index contributed by atoms with van der Waals surface area (Å²) in [6.07, 6.45) is 0. The molecule has 3 amide bonds. The number of nitrogens with one attached hydrogen (secondary N) is 1. The monoisotopic (exact) mass is 288 g/mol. The number of Topliss-reactive ketones (excluding diaryl/α,β-unsaturated/α-hetero) is 1. The molecule has 1 aliphatic heterocycles. The van der Waals surface area contributed by atoms with Crippen LogP contribution in [0.25, 0.3) is 0 Å². The lowest BCUT2D eigenvalue weighted by Gasteiger charge is -2.23. The number of amides is 3. The summed E-state index contributed by atoms with van der Waals surface area (Å²) in [6.45, 7) is 4.37. The number of benzene rings is 1. The summed E-state index contributed by atoms with van der Waals surface area (Å²) < 4.78 is 0. The Bertz CT molecular complexity index is 603. The molecule has 0 spiro atoms. The fourth-order valence-electron chi connectivity index (χ4n) is 2.11. The number of hydrogen-bond acceptors (Lipinski definition) is 4. The van der Waals surface area contributed by atoms with E-state index >= 15 is 0 Å². The molecule has 110 valence electrons. The summed E-state index contributed by atoms with van der Waals surface area (Å²) in [7, 11) is 0. The number of nitrogens with zero attached hydrogens (tertiary/aromatic N) is 1. The van der Waals surface area contributed by atoms with Crippen LogP contribution in [0.4, 0.5) is 0 Å². The molecule has 1 aliphatic rings. The minimum absolute atomic E-state index is 0.196. The quantitative estimate of drug-likeness (QED) is 0.829. The summed E-state index contributed by atoms with van der Waals surface area (Å²) in [5, 5.41) is 2.49. The molecule has 2 atom stereocenters. The van der Waals surface area contributed by atoms with Crippen LogP contribution in [0.3, 0.4) is 0 Å². The largest absolute Gasteiger partial charge is 0.345 e. The first-order valence-electron chi connectivity index (χ1n) is 6.62. The standard InChI is InChI=1S/C15H16N2O4/c1-8(10(3)18)16-13(19)9(2)17-14(20)11-6-4-5-7-12(11)15(17)21/h4-9H,1-3H3,(H,16,19). The highest BCUT2D eigenvalue weighted by atomic mass is 16.2. The summed E-state index contributed by atoms with van der Waals surface area (Å²) in [5.41, 5.74) is 0.587. The molecular formula is C15H16N2O4. The third kappa shape index (κ3) is 2.56. The number of fused-ring (bicyclic) bond motifs is 1. The zero-order chi connectivity index (χ0) is 15.7. The van der Waals surface area contributed by atoms with Crippen molar-refractivity contribution < 1.29 is 19.2 Å². The lowest BCUT2D eigenvalue weighted by Crippen LogP contribution is -2.51. The first-order chi connectivity index (χ1) is 9.84. The molecule has 2 rings (SSSR count). The van der Waals surface area contributed by atoms with Crippen LogP contribution in [0.15, 0.2) is 24.3 Å². The molecule has 0 aliphatic carbocycles. The highest BCUT2D eigenvalue weighted by Gasteiger charge is 2.40.